The summed E-state index contributed by atoms with van der Waals surface area (Å²) < 4.78 is 21.3. The number of nitrogens with zero attached hydrogens (tertiary/aromatic N) is 2. The van der Waals surface area contributed by atoms with Gasteiger partial charge in [0.05, 0.1) is 11.4 Å². The van der Waals surface area contributed by atoms with Crippen LogP contribution in [0.25, 0.3) is 11.4 Å². The number of fused-ring (bicyclic) bond motifs is 1. The van der Waals surface area contributed by atoms with Crippen LogP contribution in [0.5, 0.6) is 11.5 Å². The first-order valence-electron chi connectivity index (χ1n) is 8.40. The molecule has 7 nitrogen and oxygen atoms in total. The molecule has 0 N–H and O–H groups in total. The van der Waals surface area contributed by atoms with E-state index in [1.807, 2.05) is 0 Å². The highest BCUT2D eigenvalue weighted by Gasteiger charge is 2.18. The van der Waals surface area contributed by atoms with Crippen molar-refractivity contribution < 1.29 is 23.5 Å². The largest absolute Gasteiger partial charge is 0.486 e. The van der Waals surface area contributed by atoms with E-state index in [0.29, 0.717) is 46.1 Å². The Labute approximate surface area is 170 Å². The van der Waals surface area contributed by atoms with Gasteiger partial charge < -0.3 is 18.7 Å². The highest BCUT2D eigenvalue weighted by atomic mass is 35.5. The van der Waals surface area contributed by atoms with Crippen LogP contribution in [0.1, 0.15) is 11.5 Å². The van der Waals surface area contributed by atoms with Crippen molar-refractivity contribution in [3.8, 4) is 22.9 Å². The van der Waals surface area contributed by atoms with E-state index in [9.17, 15) is 4.79 Å². The standard InChI is InChI=1S/C19H14Cl2N2O5/c20-13-3-1-12(2-4-13)19-22-16(28-23-19)10-27-17(24)9-11-7-14(21)18-15(8-11)25-5-6-26-18/h1-4,7-8H,5-6,9-10H2. The second-order valence-corrected chi connectivity index (χ2v) is 6.80. The van der Waals surface area contributed by atoms with Crippen molar-refractivity contribution in [1.82, 2.24) is 10.1 Å². The summed E-state index contributed by atoms with van der Waals surface area (Å²) >= 11 is 12.0. The zero-order valence-electron chi connectivity index (χ0n) is 14.5. The van der Waals surface area contributed by atoms with Crippen LogP contribution in [0.2, 0.25) is 10.0 Å². The molecule has 2 heterocycles. The van der Waals surface area contributed by atoms with Gasteiger partial charge in [0.25, 0.3) is 5.89 Å². The lowest BCUT2D eigenvalue weighted by atomic mass is 10.1. The average molecular weight is 421 g/mol. The molecule has 1 aliphatic rings. The summed E-state index contributed by atoms with van der Waals surface area (Å²) in [6.45, 7) is 0.748. The molecule has 0 saturated heterocycles. The van der Waals surface area contributed by atoms with E-state index in [1.54, 1.807) is 36.4 Å². The maximum absolute atomic E-state index is 12.1. The van der Waals surface area contributed by atoms with Gasteiger partial charge in [-0.2, -0.15) is 4.98 Å². The molecule has 0 aliphatic carbocycles. The van der Waals surface area contributed by atoms with E-state index >= 15 is 0 Å². The summed E-state index contributed by atoms with van der Waals surface area (Å²) in [6, 6.07) is 10.4. The van der Waals surface area contributed by atoms with Crippen LogP contribution in [0, 0.1) is 0 Å². The highest BCUT2D eigenvalue weighted by Crippen LogP contribution is 2.38. The van der Waals surface area contributed by atoms with Crippen LogP contribution in [-0.2, 0) is 22.6 Å². The minimum Gasteiger partial charge on any atom is -0.486 e. The van der Waals surface area contributed by atoms with Crippen LogP contribution in [0.4, 0.5) is 0 Å². The first-order chi connectivity index (χ1) is 13.6. The number of halogens is 2. The number of benzene rings is 2. The number of carbonyl (C=O) groups is 1. The fourth-order valence-electron chi connectivity index (χ4n) is 2.66. The number of carbonyl (C=O) groups excluding carboxylic acids is 1. The monoisotopic (exact) mass is 420 g/mol. The van der Waals surface area contributed by atoms with Gasteiger partial charge in [-0.3, -0.25) is 4.79 Å². The Morgan fingerprint density at radius 3 is 2.71 bits per heavy atom. The van der Waals surface area contributed by atoms with Gasteiger partial charge in [0.15, 0.2) is 18.1 Å². The van der Waals surface area contributed by atoms with Gasteiger partial charge in [0.1, 0.15) is 13.2 Å². The van der Waals surface area contributed by atoms with Crippen molar-refractivity contribution in [3.63, 3.8) is 0 Å². The predicted molar refractivity (Wildman–Crippen MR) is 101 cm³/mol. The minimum atomic E-state index is -0.459. The Morgan fingerprint density at radius 2 is 1.89 bits per heavy atom. The van der Waals surface area contributed by atoms with Gasteiger partial charge in [0, 0.05) is 10.6 Å². The SMILES string of the molecule is O=C(Cc1cc(Cl)c2c(c1)OCCO2)OCc1nc(-c2ccc(Cl)cc2)no1. The Bertz CT molecular complexity index is 1000. The Hall–Kier alpha value is -2.77. The molecule has 0 amide bonds. The number of aromatic nitrogens is 2. The summed E-state index contributed by atoms with van der Waals surface area (Å²) in [5, 5.41) is 4.87. The van der Waals surface area contributed by atoms with Gasteiger partial charge in [-0.15, -0.1) is 0 Å². The molecule has 0 saturated carbocycles. The lowest BCUT2D eigenvalue weighted by Crippen LogP contribution is -2.16. The molecular formula is C19H14Cl2N2O5. The summed E-state index contributed by atoms with van der Waals surface area (Å²) in [5.74, 6) is 1.13. The van der Waals surface area contributed by atoms with E-state index < -0.39 is 5.97 Å². The van der Waals surface area contributed by atoms with E-state index in [0.717, 1.165) is 5.56 Å². The molecular weight excluding hydrogens is 407 g/mol. The number of esters is 1. The lowest BCUT2D eigenvalue weighted by molar-refractivity contribution is -0.144. The third-order valence-corrected chi connectivity index (χ3v) is 4.46. The summed E-state index contributed by atoms with van der Waals surface area (Å²) in [4.78, 5) is 16.3. The van der Waals surface area contributed by atoms with Gasteiger partial charge in [-0.05, 0) is 42.0 Å². The molecule has 2 aromatic carbocycles. The number of hydrogen-bond acceptors (Lipinski definition) is 7. The number of rotatable bonds is 5. The molecule has 0 unspecified atom stereocenters. The first kappa shape index (κ1) is 18.6. The Balaban J connectivity index is 1.36. The van der Waals surface area contributed by atoms with Crippen LogP contribution in [0.15, 0.2) is 40.9 Å². The minimum absolute atomic E-state index is 0.0224. The van der Waals surface area contributed by atoms with Crippen LogP contribution >= 0.6 is 23.2 Å². The van der Waals surface area contributed by atoms with Crippen molar-refractivity contribution in [1.29, 1.82) is 0 Å². The Morgan fingerprint density at radius 1 is 1.11 bits per heavy atom. The normalized spacial score (nSPS) is 12.6. The van der Waals surface area contributed by atoms with Crippen LogP contribution in [-0.4, -0.2) is 29.3 Å². The second-order valence-electron chi connectivity index (χ2n) is 5.96. The maximum Gasteiger partial charge on any atom is 0.310 e. The quantitative estimate of drug-likeness (QED) is 0.574. The molecule has 1 aromatic heterocycles. The Kier molecular flexibility index (Phi) is 5.36. The molecule has 0 radical (unpaired) electrons. The van der Waals surface area contributed by atoms with Crippen molar-refractivity contribution in [3.05, 3.63) is 57.9 Å². The molecule has 1 aliphatic heterocycles. The molecule has 0 atom stereocenters. The van der Waals surface area contributed by atoms with E-state index in [4.69, 9.17) is 41.9 Å². The molecule has 3 aromatic rings. The van der Waals surface area contributed by atoms with Crippen molar-refractivity contribution >= 4 is 29.2 Å². The first-order valence-corrected chi connectivity index (χ1v) is 9.16. The van der Waals surface area contributed by atoms with E-state index in [-0.39, 0.29) is 18.9 Å². The van der Waals surface area contributed by atoms with Crippen molar-refractivity contribution in [2.45, 2.75) is 13.0 Å². The fourth-order valence-corrected chi connectivity index (χ4v) is 3.07. The van der Waals surface area contributed by atoms with Crippen molar-refractivity contribution in [2.24, 2.45) is 0 Å². The molecule has 0 bridgehead atoms. The molecule has 0 spiro atoms. The molecule has 144 valence electrons. The summed E-state index contributed by atoms with van der Waals surface area (Å²) in [7, 11) is 0. The third-order valence-electron chi connectivity index (χ3n) is 3.93. The molecule has 4 rings (SSSR count). The smallest absolute Gasteiger partial charge is 0.310 e. The summed E-state index contributed by atoms with van der Waals surface area (Å²) in [6.07, 6.45) is 0.0224. The van der Waals surface area contributed by atoms with E-state index in [1.165, 1.54) is 0 Å². The average Bonchev–Trinajstić information content (AvgIpc) is 3.16. The van der Waals surface area contributed by atoms with Crippen LogP contribution in [0.3, 0.4) is 0 Å². The zero-order chi connectivity index (χ0) is 19.5. The summed E-state index contributed by atoms with van der Waals surface area (Å²) in [5.41, 5.74) is 1.41. The third kappa shape index (κ3) is 4.21. The molecule has 0 fully saturated rings. The van der Waals surface area contributed by atoms with Crippen LogP contribution < -0.4 is 9.47 Å². The highest BCUT2D eigenvalue weighted by molar-refractivity contribution is 6.32. The van der Waals surface area contributed by atoms with Gasteiger partial charge >= 0.3 is 5.97 Å². The van der Waals surface area contributed by atoms with Gasteiger partial charge in [0.2, 0.25) is 5.82 Å². The van der Waals surface area contributed by atoms with Crippen molar-refractivity contribution in [2.75, 3.05) is 13.2 Å². The zero-order valence-corrected chi connectivity index (χ0v) is 16.0. The molecule has 9 heteroatoms. The van der Waals surface area contributed by atoms with Gasteiger partial charge in [-0.1, -0.05) is 28.4 Å². The topological polar surface area (TPSA) is 83.7 Å². The molecule has 28 heavy (non-hydrogen) atoms. The number of hydrogen-bond donors (Lipinski definition) is 0. The van der Waals surface area contributed by atoms with E-state index in [2.05, 4.69) is 10.1 Å². The maximum atomic E-state index is 12.1. The fraction of sp³-hybridized carbons (Fsp3) is 0.211. The number of ether oxygens (including phenoxy) is 3. The van der Waals surface area contributed by atoms with Gasteiger partial charge in [-0.25, -0.2) is 0 Å². The second kappa shape index (κ2) is 8.08. The lowest BCUT2D eigenvalue weighted by Gasteiger charge is -2.20. The predicted octanol–water partition coefficient (Wildman–Crippen LogP) is 4.10.